The molecule has 0 bridgehead atoms. The Kier molecular flexibility index (Phi) is 5.28. The van der Waals surface area contributed by atoms with Crippen LogP contribution in [-0.4, -0.2) is 6.04 Å². The molecule has 1 aliphatic rings. The van der Waals surface area contributed by atoms with Crippen molar-refractivity contribution in [3.05, 3.63) is 20.8 Å². The van der Waals surface area contributed by atoms with E-state index in [1.807, 2.05) is 11.3 Å². The van der Waals surface area contributed by atoms with E-state index in [1.165, 1.54) is 35.0 Å². The van der Waals surface area contributed by atoms with E-state index in [0.717, 1.165) is 24.2 Å². The number of hydrogen-bond donors (Lipinski definition) is 1. The van der Waals surface area contributed by atoms with Gasteiger partial charge in [-0.05, 0) is 71.9 Å². The molecule has 0 radical (unpaired) electrons. The Morgan fingerprint density at radius 3 is 2.39 bits per heavy atom. The minimum Gasteiger partial charge on any atom is -0.327 e. The van der Waals surface area contributed by atoms with E-state index in [1.54, 1.807) is 0 Å². The second-order valence-electron chi connectivity index (χ2n) is 6.02. The second kappa shape index (κ2) is 6.53. The molecule has 1 unspecified atom stereocenters. The number of rotatable bonds is 4. The summed E-state index contributed by atoms with van der Waals surface area (Å²) in [6.07, 6.45) is 6.47. The van der Waals surface area contributed by atoms with E-state index in [-0.39, 0.29) is 0 Å². The highest BCUT2D eigenvalue weighted by Crippen LogP contribution is 2.35. The molecule has 0 spiro atoms. The lowest BCUT2D eigenvalue weighted by Gasteiger charge is -2.33. The van der Waals surface area contributed by atoms with Crippen LogP contribution in [0.1, 0.15) is 44.4 Å². The highest BCUT2D eigenvalue weighted by molar-refractivity contribution is 9.10. The van der Waals surface area contributed by atoms with Gasteiger partial charge in [0.15, 0.2) is 0 Å². The van der Waals surface area contributed by atoms with Gasteiger partial charge in [0.25, 0.3) is 0 Å². The highest BCUT2D eigenvalue weighted by Gasteiger charge is 2.27. The van der Waals surface area contributed by atoms with Crippen molar-refractivity contribution < 1.29 is 0 Å². The minimum absolute atomic E-state index is 0.351. The van der Waals surface area contributed by atoms with Crippen molar-refractivity contribution in [1.29, 1.82) is 0 Å². The molecule has 3 heteroatoms. The van der Waals surface area contributed by atoms with Crippen LogP contribution in [0, 0.1) is 17.8 Å². The fraction of sp³-hybridized carbons (Fsp3) is 0.733. The first kappa shape index (κ1) is 14.5. The van der Waals surface area contributed by atoms with E-state index < -0.39 is 0 Å². The van der Waals surface area contributed by atoms with E-state index in [0.29, 0.717) is 6.04 Å². The molecule has 0 amide bonds. The Morgan fingerprint density at radius 1 is 1.28 bits per heavy atom. The molecular formula is C15H24BrNS. The van der Waals surface area contributed by atoms with Crippen LogP contribution in [0.25, 0.3) is 0 Å². The third-order valence-electron chi connectivity index (χ3n) is 4.42. The summed E-state index contributed by atoms with van der Waals surface area (Å²) in [6.45, 7) is 4.71. The largest absolute Gasteiger partial charge is 0.327 e. The normalized spacial score (nSPS) is 26.5. The van der Waals surface area contributed by atoms with Crippen molar-refractivity contribution in [2.45, 2.75) is 52.0 Å². The first-order chi connectivity index (χ1) is 8.56. The Bertz CT molecular complexity index is 366. The molecule has 1 aromatic rings. The number of nitrogens with two attached hydrogens (primary N) is 1. The number of halogens is 1. The minimum atomic E-state index is 0.351. The van der Waals surface area contributed by atoms with Crippen LogP contribution < -0.4 is 5.73 Å². The predicted molar refractivity (Wildman–Crippen MR) is 84.0 cm³/mol. The number of thiophene rings is 1. The molecule has 1 aromatic heterocycles. The Balaban J connectivity index is 1.82. The Morgan fingerprint density at radius 2 is 1.89 bits per heavy atom. The molecule has 1 nitrogen and oxygen atoms in total. The zero-order valence-corrected chi connectivity index (χ0v) is 13.8. The molecule has 102 valence electrons. The zero-order valence-electron chi connectivity index (χ0n) is 11.4. The molecular weight excluding hydrogens is 306 g/mol. The summed E-state index contributed by atoms with van der Waals surface area (Å²) in [4.78, 5) is 1.42. The molecule has 0 aliphatic heterocycles. The second-order valence-corrected chi connectivity index (χ2v) is 7.93. The van der Waals surface area contributed by atoms with Crippen LogP contribution in [0.2, 0.25) is 0 Å². The zero-order chi connectivity index (χ0) is 13.1. The summed E-state index contributed by atoms with van der Waals surface area (Å²) in [5, 5.41) is 2.15. The maximum atomic E-state index is 6.40. The van der Waals surface area contributed by atoms with E-state index in [9.17, 15) is 0 Å². The van der Waals surface area contributed by atoms with E-state index in [4.69, 9.17) is 5.73 Å². The topological polar surface area (TPSA) is 26.0 Å². The summed E-state index contributed by atoms with van der Waals surface area (Å²) in [7, 11) is 0. The van der Waals surface area contributed by atoms with Crippen LogP contribution >= 0.6 is 27.3 Å². The summed E-state index contributed by atoms with van der Waals surface area (Å²) in [6, 6.07) is 2.56. The summed E-state index contributed by atoms with van der Waals surface area (Å²) >= 11 is 5.33. The smallest absolute Gasteiger partial charge is 0.0285 e. The van der Waals surface area contributed by atoms with Gasteiger partial charge in [0.1, 0.15) is 0 Å². The third kappa shape index (κ3) is 3.82. The fourth-order valence-corrected chi connectivity index (χ4v) is 4.62. The van der Waals surface area contributed by atoms with Crippen molar-refractivity contribution in [1.82, 2.24) is 0 Å². The van der Waals surface area contributed by atoms with Gasteiger partial charge in [0.05, 0.1) is 0 Å². The Labute approximate surface area is 123 Å². The number of hydrogen-bond acceptors (Lipinski definition) is 2. The van der Waals surface area contributed by atoms with Gasteiger partial charge in [-0.1, -0.05) is 13.8 Å². The summed E-state index contributed by atoms with van der Waals surface area (Å²) < 4.78 is 1.19. The molecule has 1 aliphatic carbocycles. The Hall–Kier alpha value is 0.140. The average Bonchev–Trinajstić information content (AvgIpc) is 2.75. The van der Waals surface area contributed by atoms with Gasteiger partial charge in [-0.15, -0.1) is 11.3 Å². The van der Waals surface area contributed by atoms with Crippen molar-refractivity contribution in [2.24, 2.45) is 23.5 Å². The lowest BCUT2D eigenvalue weighted by Crippen LogP contribution is -2.35. The van der Waals surface area contributed by atoms with Gasteiger partial charge < -0.3 is 5.73 Å². The fourth-order valence-electron chi connectivity index (χ4n) is 3.10. The van der Waals surface area contributed by atoms with E-state index >= 15 is 0 Å². The molecule has 2 rings (SSSR count). The molecule has 1 saturated carbocycles. The lowest BCUT2D eigenvalue weighted by molar-refractivity contribution is 0.203. The molecule has 1 heterocycles. The van der Waals surface area contributed by atoms with Crippen LogP contribution in [0.4, 0.5) is 0 Å². The first-order valence-electron chi connectivity index (χ1n) is 7.04. The van der Waals surface area contributed by atoms with Crippen LogP contribution in [-0.2, 0) is 6.42 Å². The van der Waals surface area contributed by atoms with Gasteiger partial charge in [0.2, 0.25) is 0 Å². The van der Waals surface area contributed by atoms with E-state index in [2.05, 4.69) is 41.2 Å². The predicted octanol–water partition coefficient (Wildman–Crippen LogP) is 4.84. The standard InChI is InChI=1S/C15H24BrNS/c1-10(2)11-3-5-12(6-4-11)15(17)8-14-7-13(16)9-18-14/h7,9-12,15H,3-6,8,17H2,1-2H3. The van der Waals surface area contributed by atoms with Gasteiger partial charge in [0, 0.05) is 20.8 Å². The van der Waals surface area contributed by atoms with Gasteiger partial charge in [-0.3, -0.25) is 0 Å². The first-order valence-corrected chi connectivity index (χ1v) is 8.72. The van der Waals surface area contributed by atoms with Gasteiger partial charge in [-0.25, -0.2) is 0 Å². The van der Waals surface area contributed by atoms with Gasteiger partial charge in [-0.2, -0.15) is 0 Å². The molecule has 1 atom stereocenters. The maximum Gasteiger partial charge on any atom is 0.0285 e. The highest BCUT2D eigenvalue weighted by atomic mass is 79.9. The molecule has 18 heavy (non-hydrogen) atoms. The maximum absolute atomic E-state index is 6.40. The quantitative estimate of drug-likeness (QED) is 0.840. The van der Waals surface area contributed by atoms with Crippen molar-refractivity contribution >= 4 is 27.3 Å². The van der Waals surface area contributed by atoms with Crippen molar-refractivity contribution in [3.8, 4) is 0 Å². The van der Waals surface area contributed by atoms with Crippen molar-refractivity contribution in [3.63, 3.8) is 0 Å². The lowest BCUT2D eigenvalue weighted by atomic mass is 9.74. The SMILES string of the molecule is CC(C)C1CCC(C(N)Cc2cc(Br)cs2)CC1. The summed E-state index contributed by atoms with van der Waals surface area (Å²) in [5.41, 5.74) is 6.40. The average molecular weight is 330 g/mol. The molecule has 2 N–H and O–H groups in total. The van der Waals surface area contributed by atoms with Crippen LogP contribution in [0.5, 0.6) is 0 Å². The van der Waals surface area contributed by atoms with Crippen LogP contribution in [0.3, 0.4) is 0 Å². The monoisotopic (exact) mass is 329 g/mol. The molecule has 1 fully saturated rings. The van der Waals surface area contributed by atoms with Crippen LogP contribution in [0.15, 0.2) is 15.9 Å². The van der Waals surface area contributed by atoms with Gasteiger partial charge >= 0.3 is 0 Å². The summed E-state index contributed by atoms with van der Waals surface area (Å²) in [5.74, 6) is 2.51. The molecule has 0 saturated heterocycles. The third-order valence-corrected chi connectivity index (χ3v) is 6.14. The van der Waals surface area contributed by atoms with Crippen molar-refractivity contribution in [2.75, 3.05) is 0 Å². The molecule has 0 aromatic carbocycles.